The van der Waals surface area contributed by atoms with Crippen molar-refractivity contribution < 1.29 is 0 Å². The van der Waals surface area contributed by atoms with Gasteiger partial charge in [-0.15, -0.1) is 10.2 Å². The highest BCUT2D eigenvalue weighted by Crippen LogP contribution is 2.33. The molecule has 0 saturated heterocycles. The van der Waals surface area contributed by atoms with E-state index in [1.54, 1.807) is 23.5 Å². The summed E-state index contributed by atoms with van der Waals surface area (Å²) in [4.78, 5) is 0. The predicted molar refractivity (Wildman–Crippen MR) is 77.5 cm³/mol. The van der Waals surface area contributed by atoms with Crippen molar-refractivity contribution in [2.45, 2.75) is 19.9 Å². The fraction of sp³-hybridized carbons (Fsp3) is 0.333. The number of nitrogens with zero attached hydrogens (tertiary/aromatic N) is 2. The van der Waals surface area contributed by atoms with Crippen LogP contribution in [0.15, 0.2) is 18.2 Å². The van der Waals surface area contributed by atoms with Crippen molar-refractivity contribution in [3.8, 4) is 10.6 Å². The largest absolute Gasteiger partial charge is 0.308 e. The zero-order valence-corrected chi connectivity index (χ0v) is 12.4. The molecular formula is C12H13Cl2N3S. The summed E-state index contributed by atoms with van der Waals surface area (Å²) in [6, 6.07) is 5.59. The molecule has 3 nitrogen and oxygen atoms in total. The second kappa shape index (κ2) is 5.97. The molecule has 0 aliphatic carbocycles. The predicted octanol–water partition coefficient (Wildman–Crippen LogP) is 4.18. The second-order valence-electron chi connectivity index (χ2n) is 3.85. The average molecular weight is 302 g/mol. The number of nitrogens with one attached hydrogen (secondary N) is 1. The van der Waals surface area contributed by atoms with Crippen molar-refractivity contribution >= 4 is 34.5 Å². The van der Waals surface area contributed by atoms with E-state index in [1.807, 2.05) is 6.07 Å². The Morgan fingerprint density at radius 2 is 2.11 bits per heavy atom. The molecule has 0 radical (unpaired) electrons. The van der Waals surface area contributed by atoms with Gasteiger partial charge in [-0.25, -0.2) is 0 Å². The molecule has 1 aromatic heterocycles. The highest BCUT2D eigenvalue weighted by Gasteiger charge is 2.14. The van der Waals surface area contributed by atoms with E-state index in [1.165, 1.54) is 0 Å². The van der Waals surface area contributed by atoms with Crippen LogP contribution >= 0.6 is 34.5 Å². The van der Waals surface area contributed by atoms with Gasteiger partial charge in [0.25, 0.3) is 0 Å². The van der Waals surface area contributed by atoms with E-state index in [2.05, 4.69) is 29.4 Å². The van der Waals surface area contributed by atoms with Gasteiger partial charge < -0.3 is 5.32 Å². The maximum Gasteiger partial charge on any atom is 0.149 e. The van der Waals surface area contributed by atoms with Crippen LogP contribution in [0.3, 0.4) is 0 Å². The number of rotatable bonds is 4. The van der Waals surface area contributed by atoms with Crippen molar-refractivity contribution in [1.82, 2.24) is 15.5 Å². The minimum Gasteiger partial charge on any atom is -0.308 e. The van der Waals surface area contributed by atoms with Crippen molar-refractivity contribution in [1.29, 1.82) is 0 Å². The molecule has 1 heterocycles. The number of hydrogen-bond donors (Lipinski definition) is 1. The first-order valence-electron chi connectivity index (χ1n) is 5.64. The molecule has 0 bridgehead atoms. The van der Waals surface area contributed by atoms with Crippen molar-refractivity contribution in [2.24, 2.45) is 0 Å². The summed E-state index contributed by atoms with van der Waals surface area (Å²) in [7, 11) is 0. The third-order valence-electron chi connectivity index (χ3n) is 2.48. The molecule has 96 valence electrons. The number of halogens is 2. The molecule has 0 amide bonds. The molecule has 1 aromatic carbocycles. The lowest BCUT2D eigenvalue weighted by Crippen LogP contribution is -2.17. The number of benzene rings is 1. The third-order valence-corrected chi connectivity index (χ3v) is 4.17. The van der Waals surface area contributed by atoms with E-state index in [4.69, 9.17) is 23.2 Å². The molecule has 18 heavy (non-hydrogen) atoms. The second-order valence-corrected chi connectivity index (χ2v) is 5.70. The first-order chi connectivity index (χ1) is 8.61. The monoisotopic (exact) mass is 301 g/mol. The summed E-state index contributed by atoms with van der Waals surface area (Å²) in [5.74, 6) is 0. The van der Waals surface area contributed by atoms with Crippen molar-refractivity contribution in [3.63, 3.8) is 0 Å². The summed E-state index contributed by atoms with van der Waals surface area (Å²) >= 11 is 13.6. The lowest BCUT2D eigenvalue weighted by molar-refractivity contribution is 0.590. The van der Waals surface area contributed by atoms with Crippen LogP contribution in [0.25, 0.3) is 10.6 Å². The summed E-state index contributed by atoms with van der Waals surface area (Å²) in [5.41, 5.74) is 0.869. The molecule has 1 N–H and O–H groups in total. The Kier molecular flexibility index (Phi) is 4.56. The van der Waals surface area contributed by atoms with E-state index in [-0.39, 0.29) is 6.04 Å². The van der Waals surface area contributed by atoms with Gasteiger partial charge in [0.1, 0.15) is 10.0 Å². The summed E-state index contributed by atoms with van der Waals surface area (Å²) < 4.78 is 0. The number of aromatic nitrogens is 2. The Hall–Kier alpha value is -0.680. The van der Waals surface area contributed by atoms with Crippen LogP contribution in [-0.2, 0) is 0 Å². The smallest absolute Gasteiger partial charge is 0.149 e. The van der Waals surface area contributed by atoms with Crippen LogP contribution in [0.5, 0.6) is 0 Å². The van der Waals surface area contributed by atoms with Crippen molar-refractivity contribution in [3.05, 3.63) is 33.3 Å². The van der Waals surface area contributed by atoms with Gasteiger partial charge in [-0.2, -0.15) is 0 Å². The van der Waals surface area contributed by atoms with Gasteiger partial charge in [0.15, 0.2) is 0 Å². The number of hydrogen-bond acceptors (Lipinski definition) is 4. The van der Waals surface area contributed by atoms with Crippen LogP contribution in [-0.4, -0.2) is 16.7 Å². The molecule has 6 heteroatoms. The molecule has 1 atom stereocenters. The van der Waals surface area contributed by atoms with Gasteiger partial charge in [0, 0.05) is 10.6 Å². The molecule has 0 aliphatic heterocycles. The third kappa shape index (κ3) is 3.01. The minimum absolute atomic E-state index is 0.201. The lowest BCUT2D eigenvalue weighted by Gasteiger charge is -2.06. The SMILES string of the molecule is CCNC(C)c1nnc(-c2ccc(Cl)cc2Cl)s1. The quantitative estimate of drug-likeness (QED) is 0.920. The molecule has 0 saturated carbocycles. The fourth-order valence-electron chi connectivity index (χ4n) is 1.57. The Labute approximate surface area is 120 Å². The zero-order valence-electron chi connectivity index (χ0n) is 10.1. The van der Waals surface area contributed by atoms with Crippen LogP contribution < -0.4 is 5.32 Å². The minimum atomic E-state index is 0.201. The average Bonchev–Trinajstić information content (AvgIpc) is 2.78. The van der Waals surface area contributed by atoms with E-state index in [9.17, 15) is 0 Å². The van der Waals surface area contributed by atoms with Crippen LogP contribution in [0.2, 0.25) is 10.0 Å². The van der Waals surface area contributed by atoms with Crippen LogP contribution in [0.4, 0.5) is 0 Å². The maximum atomic E-state index is 6.15. The van der Waals surface area contributed by atoms with Gasteiger partial charge in [-0.1, -0.05) is 41.5 Å². The molecule has 0 fully saturated rings. The summed E-state index contributed by atoms with van der Waals surface area (Å²) in [5, 5.41) is 14.7. The van der Waals surface area contributed by atoms with E-state index < -0.39 is 0 Å². The molecule has 0 aliphatic rings. The Balaban J connectivity index is 2.29. The molecule has 2 aromatic rings. The highest BCUT2D eigenvalue weighted by molar-refractivity contribution is 7.14. The fourth-order valence-corrected chi connectivity index (χ4v) is 3.04. The molecule has 2 rings (SSSR count). The standard InChI is InChI=1S/C12H13Cl2N3S/c1-3-15-7(2)11-16-17-12(18-11)9-5-4-8(13)6-10(9)14/h4-7,15H,3H2,1-2H3. The lowest BCUT2D eigenvalue weighted by atomic mass is 10.2. The van der Waals surface area contributed by atoms with Gasteiger partial charge in [-0.05, 0) is 31.7 Å². The zero-order chi connectivity index (χ0) is 13.1. The van der Waals surface area contributed by atoms with E-state index >= 15 is 0 Å². The molecular weight excluding hydrogens is 289 g/mol. The summed E-state index contributed by atoms with van der Waals surface area (Å²) in [6.07, 6.45) is 0. The van der Waals surface area contributed by atoms with Gasteiger partial charge >= 0.3 is 0 Å². The van der Waals surface area contributed by atoms with Crippen molar-refractivity contribution in [2.75, 3.05) is 6.54 Å². The first-order valence-corrected chi connectivity index (χ1v) is 7.21. The first kappa shape index (κ1) is 13.7. The van der Waals surface area contributed by atoms with Gasteiger partial charge in [0.05, 0.1) is 11.1 Å². The maximum absolute atomic E-state index is 6.15. The Morgan fingerprint density at radius 3 is 2.78 bits per heavy atom. The van der Waals surface area contributed by atoms with Crippen LogP contribution in [0.1, 0.15) is 24.9 Å². The topological polar surface area (TPSA) is 37.8 Å². The Morgan fingerprint density at radius 1 is 1.33 bits per heavy atom. The molecule has 1 unspecified atom stereocenters. The van der Waals surface area contributed by atoms with E-state index in [0.717, 1.165) is 22.1 Å². The normalized spacial score (nSPS) is 12.7. The Bertz CT molecular complexity index is 542. The van der Waals surface area contributed by atoms with Gasteiger partial charge in [0.2, 0.25) is 0 Å². The van der Waals surface area contributed by atoms with Gasteiger partial charge in [-0.3, -0.25) is 0 Å². The van der Waals surface area contributed by atoms with Crippen LogP contribution in [0, 0.1) is 0 Å². The summed E-state index contributed by atoms with van der Waals surface area (Å²) in [6.45, 7) is 5.03. The van der Waals surface area contributed by atoms with E-state index in [0.29, 0.717) is 10.0 Å². The highest BCUT2D eigenvalue weighted by atomic mass is 35.5. The molecule has 0 spiro atoms.